The van der Waals surface area contributed by atoms with E-state index in [1.807, 2.05) is 19.1 Å². The Morgan fingerprint density at radius 3 is 2.25 bits per heavy atom. The average molecular weight is 431 g/mol. The van der Waals surface area contributed by atoms with E-state index < -0.39 is 23.5 Å². The number of hydrogen-bond acceptors (Lipinski definition) is 4. The van der Waals surface area contributed by atoms with E-state index in [2.05, 4.69) is 0 Å². The molecule has 1 N–H and O–H groups in total. The van der Waals surface area contributed by atoms with Gasteiger partial charge in [0.1, 0.15) is 17.3 Å². The third-order valence-electron chi connectivity index (χ3n) is 5.63. The zero-order valence-corrected chi connectivity index (χ0v) is 17.7. The molecule has 32 heavy (non-hydrogen) atoms. The summed E-state index contributed by atoms with van der Waals surface area (Å²) in [7, 11) is 1.52. The van der Waals surface area contributed by atoms with Crippen LogP contribution in [0.15, 0.2) is 78.4 Å². The smallest absolute Gasteiger partial charge is 0.300 e. The van der Waals surface area contributed by atoms with Gasteiger partial charge in [0.15, 0.2) is 0 Å². The number of aliphatic hydroxyl groups excluding tert-OH is 1. The molecule has 5 nitrogen and oxygen atoms in total. The van der Waals surface area contributed by atoms with E-state index in [-0.39, 0.29) is 16.9 Å². The minimum Gasteiger partial charge on any atom is -0.507 e. The summed E-state index contributed by atoms with van der Waals surface area (Å²) < 4.78 is 20.0. The lowest BCUT2D eigenvalue weighted by Gasteiger charge is -2.25. The van der Waals surface area contributed by atoms with Crippen LogP contribution in [0.1, 0.15) is 29.7 Å². The Kier molecular flexibility index (Phi) is 5.77. The standard InChI is InChI=1S/C26H22FNO4/c1-3-16-8-10-17(11-9-16)24(29)22-23(20-6-4-5-7-21(20)27)28(26(31)25(22)30)18-12-14-19(32-2)15-13-18/h4-15,23,29H,3H2,1-2H3/b24-22-. The summed E-state index contributed by atoms with van der Waals surface area (Å²) in [5, 5.41) is 11.1. The molecular formula is C26H22FNO4. The Morgan fingerprint density at radius 1 is 1.00 bits per heavy atom. The number of hydrogen-bond donors (Lipinski definition) is 1. The molecule has 0 bridgehead atoms. The second-order valence-electron chi connectivity index (χ2n) is 7.44. The van der Waals surface area contributed by atoms with Crippen molar-refractivity contribution in [1.82, 2.24) is 0 Å². The quantitative estimate of drug-likeness (QED) is 0.350. The van der Waals surface area contributed by atoms with E-state index in [0.29, 0.717) is 17.0 Å². The minimum absolute atomic E-state index is 0.120. The molecule has 4 rings (SSSR count). The first-order valence-corrected chi connectivity index (χ1v) is 10.2. The second-order valence-corrected chi connectivity index (χ2v) is 7.44. The number of ether oxygens (including phenoxy) is 1. The number of amides is 1. The summed E-state index contributed by atoms with van der Waals surface area (Å²) in [6.45, 7) is 2.01. The number of ketones is 1. The molecule has 1 saturated heterocycles. The van der Waals surface area contributed by atoms with Crippen LogP contribution in [0.2, 0.25) is 0 Å². The fourth-order valence-corrected chi connectivity index (χ4v) is 3.89. The highest BCUT2D eigenvalue weighted by atomic mass is 19.1. The molecule has 0 aromatic heterocycles. The van der Waals surface area contributed by atoms with Gasteiger partial charge in [0.05, 0.1) is 18.7 Å². The average Bonchev–Trinajstić information content (AvgIpc) is 3.09. The molecule has 162 valence electrons. The van der Waals surface area contributed by atoms with Gasteiger partial charge in [-0.3, -0.25) is 14.5 Å². The van der Waals surface area contributed by atoms with Crippen molar-refractivity contribution in [3.8, 4) is 5.75 Å². The highest BCUT2D eigenvalue weighted by Crippen LogP contribution is 2.43. The first-order chi connectivity index (χ1) is 15.5. The van der Waals surface area contributed by atoms with Gasteiger partial charge in [-0.15, -0.1) is 0 Å². The van der Waals surface area contributed by atoms with Crippen LogP contribution in [0.25, 0.3) is 5.76 Å². The molecule has 1 fully saturated rings. The molecular weight excluding hydrogens is 409 g/mol. The van der Waals surface area contributed by atoms with Gasteiger partial charge in [-0.05, 0) is 42.3 Å². The van der Waals surface area contributed by atoms with Crippen LogP contribution in [0.5, 0.6) is 5.75 Å². The maximum atomic E-state index is 14.9. The van der Waals surface area contributed by atoms with Gasteiger partial charge >= 0.3 is 0 Å². The van der Waals surface area contributed by atoms with Gasteiger partial charge in [-0.2, -0.15) is 0 Å². The number of halogens is 1. The molecule has 0 aliphatic carbocycles. The van der Waals surface area contributed by atoms with Crippen LogP contribution in [0.4, 0.5) is 10.1 Å². The largest absolute Gasteiger partial charge is 0.507 e. The minimum atomic E-state index is -1.12. The molecule has 1 heterocycles. The number of aryl methyl sites for hydroxylation is 1. The predicted molar refractivity (Wildman–Crippen MR) is 120 cm³/mol. The number of aliphatic hydroxyl groups is 1. The Bertz CT molecular complexity index is 1200. The molecule has 1 amide bonds. The Hall–Kier alpha value is -3.93. The Morgan fingerprint density at radius 2 is 1.66 bits per heavy atom. The zero-order chi connectivity index (χ0) is 22.8. The van der Waals surface area contributed by atoms with Crippen molar-refractivity contribution in [3.63, 3.8) is 0 Å². The van der Waals surface area contributed by atoms with Crippen LogP contribution in [-0.2, 0) is 16.0 Å². The molecule has 0 saturated carbocycles. The van der Waals surface area contributed by atoms with Gasteiger partial charge in [0.25, 0.3) is 11.7 Å². The number of carbonyl (C=O) groups excluding carboxylic acids is 2. The van der Waals surface area contributed by atoms with Crippen LogP contribution in [-0.4, -0.2) is 23.9 Å². The summed E-state index contributed by atoms with van der Waals surface area (Å²) in [6.07, 6.45) is 0.818. The third kappa shape index (κ3) is 3.64. The van der Waals surface area contributed by atoms with Crippen LogP contribution >= 0.6 is 0 Å². The molecule has 3 aromatic rings. The number of rotatable bonds is 5. The molecule has 0 radical (unpaired) electrons. The highest BCUT2D eigenvalue weighted by Gasteiger charge is 2.47. The van der Waals surface area contributed by atoms with Gasteiger partial charge in [-0.25, -0.2) is 4.39 Å². The van der Waals surface area contributed by atoms with E-state index in [0.717, 1.165) is 12.0 Å². The lowest BCUT2D eigenvalue weighted by molar-refractivity contribution is -0.132. The van der Waals surface area contributed by atoms with E-state index >= 15 is 0 Å². The van der Waals surface area contributed by atoms with Crippen molar-refractivity contribution in [2.24, 2.45) is 0 Å². The van der Waals surface area contributed by atoms with E-state index in [1.165, 1.54) is 30.2 Å². The molecule has 1 atom stereocenters. The first-order valence-electron chi connectivity index (χ1n) is 10.2. The van der Waals surface area contributed by atoms with E-state index in [1.54, 1.807) is 42.5 Å². The molecule has 3 aromatic carbocycles. The summed E-state index contributed by atoms with van der Waals surface area (Å²) in [4.78, 5) is 27.4. The monoisotopic (exact) mass is 431 g/mol. The van der Waals surface area contributed by atoms with Gasteiger partial charge in [0.2, 0.25) is 0 Å². The number of methoxy groups -OCH3 is 1. The molecule has 1 aliphatic rings. The number of Topliss-reactive ketones (excluding diaryl/α,β-unsaturated/α-hetero) is 1. The summed E-state index contributed by atoms with van der Waals surface area (Å²) in [6, 6.07) is 18.4. The van der Waals surface area contributed by atoms with E-state index in [4.69, 9.17) is 4.74 Å². The van der Waals surface area contributed by atoms with Crippen LogP contribution in [0.3, 0.4) is 0 Å². The molecule has 1 unspecified atom stereocenters. The number of anilines is 1. The summed E-state index contributed by atoms with van der Waals surface area (Å²) >= 11 is 0. The first kappa shape index (κ1) is 21.3. The SMILES string of the molecule is CCc1ccc(/C(O)=C2/C(=O)C(=O)N(c3ccc(OC)cc3)C2c2ccccc2F)cc1. The number of carbonyl (C=O) groups is 2. The van der Waals surface area contributed by atoms with Crippen molar-refractivity contribution in [3.05, 3.63) is 101 Å². The highest BCUT2D eigenvalue weighted by molar-refractivity contribution is 6.51. The van der Waals surface area contributed by atoms with Crippen molar-refractivity contribution in [2.45, 2.75) is 19.4 Å². The van der Waals surface area contributed by atoms with Crippen molar-refractivity contribution in [1.29, 1.82) is 0 Å². The number of benzene rings is 3. The zero-order valence-electron chi connectivity index (χ0n) is 17.7. The third-order valence-corrected chi connectivity index (χ3v) is 5.63. The summed E-state index contributed by atoms with van der Waals surface area (Å²) in [5.41, 5.74) is 1.80. The number of nitrogens with zero attached hydrogens (tertiary/aromatic N) is 1. The lowest BCUT2D eigenvalue weighted by atomic mass is 9.94. The summed E-state index contributed by atoms with van der Waals surface area (Å²) in [5.74, 6) is -2.05. The molecule has 1 aliphatic heterocycles. The maximum Gasteiger partial charge on any atom is 0.300 e. The van der Waals surface area contributed by atoms with Gasteiger partial charge in [0, 0.05) is 16.8 Å². The topological polar surface area (TPSA) is 66.8 Å². The van der Waals surface area contributed by atoms with Crippen LogP contribution in [0, 0.1) is 5.82 Å². The van der Waals surface area contributed by atoms with E-state index in [9.17, 15) is 19.1 Å². The van der Waals surface area contributed by atoms with Crippen molar-refractivity contribution >= 4 is 23.1 Å². The predicted octanol–water partition coefficient (Wildman–Crippen LogP) is 5.02. The second kappa shape index (κ2) is 8.67. The molecule has 0 spiro atoms. The lowest BCUT2D eigenvalue weighted by Crippen LogP contribution is -2.29. The fraction of sp³-hybridized carbons (Fsp3) is 0.154. The Labute approximate surface area is 185 Å². The van der Waals surface area contributed by atoms with Gasteiger partial charge < -0.3 is 9.84 Å². The fourth-order valence-electron chi connectivity index (χ4n) is 3.89. The maximum absolute atomic E-state index is 14.9. The van der Waals surface area contributed by atoms with Crippen LogP contribution < -0.4 is 9.64 Å². The van der Waals surface area contributed by atoms with Crippen molar-refractivity contribution < 1.29 is 23.8 Å². The Balaban J connectivity index is 1.92. The normalized spacial score (nSPS) is 17.6. The van der Waals surface area contributed by atoms with Gasteiger partial charge in [-0.1, -0.05) is 49.4 Å². The molecule has 6 heteroatoms. The van der Waals surface area contributed by atoms with Crippen molar-refractivity contribution in [2.75, 3.05) is 12.0 Å².